The molecule has 1 heterocycles. The van der Waals surface area contributed by atoms with Crippen LogP contribution in [0.3, 0.4) is 0 Å². The van der Waals surface area contributed by atoms with Gasteiger partial charge in [0.25, 0.3) is 0 Å². The molecule has 0 unspecified atom stereocenters. The lowest BCUT2D eigenvalue weighted by Gasteiger charge is -2.50. The molecule has 0 amide bonds. The summed E-state index contributed by atoms with van der Waals surface area (Å²) in [6, 6.07) is 6.12. The highest BCUT2D eigenvalue weighted by molar-refractivity contribution is 5.76. The zero-order chi connectivity index (χ0) is 12.8. The second-order valence-electron chi connectivity index (χ2n) is 5.95. The van der Waals surface area contributed by atoms with Crippen molar-refractivity contribution in [1.29, 1.82) is 0 Å². The van der Waals surface area contributed by atoms with E-state index in [0.29, 0.717) is 11.8 Å². The molecule has 0 atom stereocenters. The van der Waals surface area contributed by atoms with Crippen LogP contribution in [0.15, 0.2) is 18.2 Å². The van der Waals surface area contributed by atoms with Crippen LogP contribution in [0.5, 0.6) is 5.75 Å². The van der Waals surface area contributed by atoms with Gasteiger partial charge < -0.3 is 15.3 Å². The predicted molar refractivity (Wildman–Crippen MR) is 75.4 cm³/mol. The Hall–Kier alpha value is -1.38. The summed E-state index contributed by atoms with van der Waals surface area (Å²) in [5, 5.41) is 13.3. The average Bonchev–Trinajstić information content (AvgIpc) is 2.77. The van der Waals surface area contributed by atoms with Gasteiger partial charge in [-0.1, -0.05) is 12.8 Å². The summed E-state index contributed by atoms with van der Waals surface area (Å²) in [7, 11) is 0. The normalized spacial score (nSPS) is 21.2. The Balaban J connectivity index is 2.09. The second-order valence-corrected chi connectivity index (χ2v) is 5.95. The molecule has 2 N–H and O–H groups in total. The highest BCUT2D eigenvalue weighted by Crippen LogP contribution is 2.46. The zero-order valence-electron chi connectivity index (χ0n) is 11.2. The number of benzene rings is 1. The Bertz CT molecular complexity index is 450. The average molecular weight is 246 g/mol. The van der Waals surface area contributed by atoms with Crippen molar-refractivity contribution >= 4 is 11.4 Å². The van der Waals surface area contributed by atoms with Gasteiger partial charge in [0.05, 0.1) is 16.9 Å². The van der Waals surface area contributed by atoms with Crippen LogP contribution in [0.4, 0.5) is 11.4 Å². The maximum atomic E-state index is 9.76. The number of aromatic hydroxyl groups is 1. The number of hydrogen-bond acceptors (Lipinski definition) is 3. The van der Waals surface area contributed by atoms with Gasteiger partial charge in [-0.2, -0.15) is 0 Å². The van der Waals surface area contributed by atoms with Crippen LogP contribution in [0.2, 0.25) is 0 Å². The van der Waals surface area contributed by atoms with Gasteiger partial charge in [0.15, 0.2) is 0 Å². The number of hydrogen-bond donors (Lipinski definition) is 2. The molecular weight excluding hydrogens is 224 g/mol. The third kappa shape index (κ3) is 1.64. The van der Waals surface area contributed by atoms with Crippen molar-refractivity contribution in [1.82, 2.24) is 0 Å². The largest absolute Gasteiger partial charge is 0.508 e. The van der Waals surface area contributed by atoms with Gasteiger partial charge in [-0.15, -0.1) is 0 Å². The fourth-order valence-corrected chi connectivity index (χ4v) is 3.75. The minimum Gasteiger partial charge on any atom is -0.508 e. The van der Waals surface area contributed by atoms with Crippen LogP contribution >= 0.6 is 0 Å². The van der Waals surface area contributed by atoms with Crippen molar-refractivity contribution < 1.29 is 5.11 Å². The maximum Gasteiger partial charge on any atom is 0.117 e. The smallest absolute Gasteiger partial charge is 0.117 e. The molecule has 3 nitrogen and oxygen atoms in total. The Morgan fingerprint density at radius 2 is 2.00 bits per heavy atom. The molecule has 98 valence electrons. The molecule has 18 heavy (non-hydrogen) atoms. The van der Waals surface area contributed by atoms with Gasteiger partial charge in [-0.25, -0.2) is 0 Å². The summed E-state index contributed by atoms with van der Waals surface area (Å²) < 4.78 is 0. The molecule has 1 aromatic rings. The molecule has 1 aromatic carbocycles. The van der Waals surface area contributed by atoms with E-state index in [1.54, 1.807) is 6.07 Å². The van der Waals surface area contributed by atoms with Crippen molar-refractivity contribution in [2.24, 2.45) is 0 Å². The minimum absolute atomic E-state index is 0.259. The third-order valence-corrected chi connectivity index (χ3v) is 4.41. The highest BCUT2D eigenvalue weighted by atomic mass is 16.3. The molecule has 0 bridgehead atoms. The molecule has 1 spiro atoms. The van der Waals surface area contributed by atoms with Gasteiger partial charge in [0, 0.05) is 18.7 Å². The summed E-state index contributed by atoms with van der Waals surface area (Å²) in [5.41, 5.74) is 2.58. The van der Waals surface area contributed by atoms with Crippen LogP contribution in [-0.2, 0) is 0 Å². The standard InChI is InChI=1S/C15H22N2O/c1-11(2)17-14-9-12(18)5-6-13(14)16-10-15(17)7-3-4-8-15/h5-6,9,11,16,18H,3-4,7-8,10H2,1-2H3. The van der Waals surface area contributed by atoms with Gasteiger partial charge in [-0.05, 0) is 38.8 Å². The summed E-state index contributed by atoms with van der Waals surface area (Å²) >= 11 is 0. The van der Waals surface area contributed by atoms with Gasteiger partial charge in [-0.3, -0.25) is 0 Å². The molecule has 0 aromatic heterocycles. The number of nitrogens with one attached hydrogen (secondary N) is 1. The topological polar surface area (TPSA) is 35.5 Å². The number of anilines is 2. The second kappa shape index (κ2) is 4.08. The predicted octanol–water partition coefficient (Wildman–Crippen LogP) is 3.35. The Morgan fingerprint density at radius 1 is 1.28 bits per heavy atom. The fourth-order valence-electron chi connectivity index (χ4n) is 3.75. The van der Waals surface area contributed by atoms with Crippen LogP contribution < -0.4 is 10.2 Å². The van der Waals surface area contributed by atoms with Gasteiger partial charge in [0.1, 0.15) is 5.75 Å². The lowest BCUT2D eigenvalue weighted by atomic mass is 9.89. The van der Waals surface area contributed by atoms with E-state index >= 15 is 0 Å². The molecule has 1 aliphatic carbocycles. The van der Waals surface area contributed by atoms with E-state index in [1.165, 1.54) is 25.7 Å². The maximum absolute atomic E-state index is 9.76. The van der Waals surface area contributed by atoms with Crippen LogP contribution in [-0.4, -0.2) is 23.2 Å². The highest BCUT2D eigenvalue weighted by Gasteiger charge is 2.44. The number of phenolic OH excluding ortho intramolecular Hbond substituents is 1. The zero-order valence-corrected chi connectivity index (χ0v) is 11.2. The van der Waals surface area contributed by atoms with Crippen molar-refractivity contribution in [2.45, 2.75) is 51.1 Å². The van der Waals surface area contributed by atoms with Gasteiger partial charge in [0.2, 0.25) is 0 Å². The monoisotopic (exact) mass is 246 g/mol. The molecule has 1 fully saturated rings. The Kier molecular flexibility index (Phi) is 2.65. The SMILES string of the molecule is CC(C)N1c2cc(O)ccc2NCC12CCCC2. The molecule has 1 aliphatic heterocycles. The van der Waals surface area contributed by atoms with Crippen LogP contribution in [0, 0.1) is 0 Å². The number of nitrogens with zero attached hydrogens (tertiary/aromatic N) is 1. The number of fused-ring (bicyclic) bond motifs is 1. The first-order valence-corrected chi connectivity index (χ1v) is 6.99. The number of phenols is 1. The minimum atomic E-state index is 0.259. The van der Waals surface area contributed by atoms with Crippen molar-refractivity contribution in [3.63, 3.8) is 0 Å². The van der Waals surface area contributed by atoms with E-state index in [1.807, 2.05) is 12.1 Å². The van der Waals surface area contributed by atoms with E-state index < -0.39 is 0 Å². The lowest BCUT2D eigenvalue weighted by Crippen LogP contribution is -2.57. The Morgan fingerprint density at radius 3 is 2.67 bits per heavy atom. The van der Waals surface area contributed by atoms with E-state index in [4.69, 9.17) is 0 Å². The molecule has 2 aliphatic rings. The summed E-state index contributed by atoms with van der Waals surface area (Å²) in [4.78, 5) is 2.53. The number of rotatable bonds is 1. The Labute approximate surface area is 109 Å². The van der Waals surface area contributed by atoms with Crippen molar-refractivity contribution in [3.8, 4) is 5.75 Å². The van der Waals surface area contributed by atoms with Crippen molar-refractivity contribution in [3.05, 3.63) is 18.2 Å². The first-order valence-electron chi connectivity index (χ1n) is 6.99. The molecule has 1 saturated carbocycles. The van der Waals surface area contributed by atoms with E-state index in [0.717, 1.165) is 17.9 Å². The van der Waals surface area contributed by atoms with Crippen molar-refractivity contribution in [2.75, 3.05) is 16.8 Å². The lowest BCUT2D eigenvalue weighted by molar-refractivity contribution is 0.380. The summed E-state index contributed by atoms with van der Waals surface area (Å²) in [6.07, 6.45) is 5.15. The van der Waals surface area contributed by atoms with E-state index in [2.05, 4.69) is 24.1 Å². The third-order valence-electron chi connectivity index (χ3n) is 4.41. The molecule has 3 heteroatoms. The summed E-state index contributed by atoms with van der Waals surface area (Å²) in [5.74, 6) is 0.358. The first kappa shape index (κ1) is 11.7. The van der Waals surface area contributed by atoms with Gasteiger partial charge >= 0.3 is 0 Å². The quantitative estimate of drug-likeness (QED) is 0.746. The first-order chi connectivity index (χ1) is 8.62. The molecule has 0 saturated heterocycles. The molecule has 0 radical (unpaired) electrons. The van der Waals surface area contributed by atoms with E-state index in [-0.39, 0.29) is 5.54 Å². The van der Waals surface area contributed by atoms with Crippen LogP contribution in [0.25, 0.3) is 0 Å². The molecule has 3 rings (SSSR count). The van der Waals surface area contributed by atoms with Crippen LogP contribution in [0.1, 0.15) is 39.5 Å². The summed E-state index contributed by atoms with van der Waals surface area (Å²) in [6.45, 7) is 5.53. The molecular formula is C15H22N2O. The van der Waals surface area contributed by atoms with E-state index in [9.17, 15) is 5.11 Å². The fraction of sp³-hybridized carbons (Fsp3) is 0.600.